The van der Waals surface area contributed by atoms with Crippen LogP contribution in [0.1, 0.15) is 5.56 Å². The minimum Gasteiger partial charge on any atom is -0.508 e. The molecule has 0 amide bonds. The highest BCUT2D eigenvalue weighted by atomic mass is 16.5. The van der Waals surface area contributed by atoms with Gasteiger partial charge >= 0.3 is 0 Å². The Morgan fingerprint density at radius 2 is 1.80 bits per heavy atom. The van der Waals surface area contributed by atoms with E-state index in [1.54, 1.807) is 49.8 Å². The lowest BCUT2D eigenvalue weighted by Crippen LogP contribution is -2.37. The van der Waals surface area contributed by atoms with Crippen LogP contribution in [0.25, 0.3) is 0 Å². The summed E-state index contributed by atoms with van der Waals surface area (Å²) in [5.74, 6) is 0.796. The zero-order valence-corrected chi connectivity index (χ0v) is 13.6. The first kappa shape index (κ1) is 16.5. The summed E-state index contributed by atoms with van der Waals surface area (Å²) >= 11 is 0. The largest absolute Gasteiger partial charge is 0.508 e. The van der Waals surface area contributed by atoms with E-state index < -0.39 is 10.9 Å². The molecule has 1 heterocycles. The predicted octanol–water partition coefficient (Wildman–Crippen LogP) is 1.79. The van der Waals surface area contributed by atoms with E-state index in [-0.39, 0.29) is 17.1 Å². The summed E-state index contributed by atoms with van der Waals surface area (Å²) in [5, 5.41) is 15.5. The van der Waals surface area contributed by atoms with Gasteiger partial charge in [-0.3, -0.25) is 14.6 Å². The van der Waals surface area contributed by atoms with Crippen molar-refractivity contribution in [2.24, 2.45) is 0 Å². The Hall–Kier alpha value is -3.35. The number of pyridine rings is 1. The third kappa shape index (κ3) is 3.45. The van der Waals surface area contributed by atoms with Gasteiger partial charge in [0.25, 0.3) is 10.9 Å². The molecule has 128 valence electrons. The second-order valence-corrected chi connectivity index (χ2v) is 5.44. The smallest absolute Gasteiger partial charge is 0.253 e. The topological polar surface area (TPSA) is 101 Å². The van der Waals surface area contributed by atoms with Crippen molar-refractivity contribution in [3.8, 4) is 11.5 Å². The van der Waals surface area contributed by atoms with Crippen molar-refractivity contribution in [3.05, 3.63) is 68.7 Å². The number of hydrogen-bond donors (Lipinski definition) is 3. The monoisotopic (exact) mass is 339 g/mol. The number of ether oxygens (including phenoxy) is 1. The molecule has 0 saturated heterocycles. The molecule has 7 nitrogen and oxygen atoms in total. The molecule has 3 aromatic rings. The number of nitrogens with zero attached hydrogens (tertiary/aromatic N) is 1. The van der Waals surface area contributed by atoms with Gasteiger partial charge in [0.05, 0.1) is 7.11 Å². The van der Waals surface area contributed by atoms with Gasteiger partial charge in [0.15, 0.2) is 0 Å². The van der Waals surface area contributed by atoms with Crippen molar-refractivity contribution < 1.29 is 9.84 Å². The highest BCUT2D eigenvalue weighted by Gasteiger charge is 2.20. The van der Waals surface area contributed by atoms with Crippen LogP contribution in [0.4, 0.5) is 17.1 Å². The van der Waals surface area contributed by atoms with Gasteiger partial charge in [0.1, 0.15) is 22.9 Å². The summed E-state index contributed by atoms with van der Waals surface area (Å²) in [6, 6.07) is 8.25. The molecule has 1 aromatic heterocycles. The average Bonchev–Trinajstić information content (AvgIpc) is 2.64. The van der Waals surface area contributed by atoms with E-state index in [2.05, 4.69) is 15.6 Å². The molecule has 2 aromatic carbocycles. The highest BCUT2D eigenvalue weighted by Crippen LogP contribution is 2.24. The van der Waals surface area contributed by atoms with Crippen LogP contribution in [0, 0.1) is 0 Å². The number of phenols is 1. The first-order valence-corrected chi connectivity index (χ1v) is 7.70. The lowest BCUT2D eigenvalue weighted by atomic mass is 10.1. The Labute approximate surface area is 143 Å². The fourth-order valence-electron chi connectivity index (χ4n) is 2.54. The SMILES string of the molecule is COc1ccc(O)cc1CCNc1c(Nc2ccncc2)c(=O)c1=O. The minimum atomic E-state index is -0.547. The van der Waals surface area contributed by atoms with E-state index in [1.165, 1.54) is 0 Å². The Morgan fingerprint density at radius 3 is 2.52 bits per heavy atom. The van der Waals surface area contributed by atoms with Crippen LogP contribution in [0.3, 0.4) is 0 Å². The van der Waals surface area contributed by atoms with Gasteiger partial charge in [-0.05, 0) is 42.3 Å². The summed E-state index contributed by atoms with van der Waals surface area (Å²) in [6.45, 7) is 0.412. The first-order valence-electron chi connectivity index (χ1n) is 7.70. The van der Waals surface area contributed by atoms with Crippen molar-refractivity contribution in [2.75, 3.05) is 24.3 Å². The van der Waals surface area contributed by atoms with Crippen LogP contribution in [0.2, 0.25) is 0 Å². The molecular formula is C18H17N3O4. The maximum Gasteiger partial charge on any atom is 0.253 e. The highest BCUT2D eigenvalue weighted by molar-refractivity contribution is 5.78. The van der Waals surface area contributed by atoms with Crippen LogP contribution >= 0.6 is 0 Å². The average molecular weight is 339 g/mol. The van der Waals surface area contributed by atoms with Gasteiger partial charge in [-0.2, -0.15) is 0 Å². The number of methoxy groups -OCH3 is 1. The number of rotatable bonds is 7. The van der Waals surface area contributed by atoms with E-state index in [0.29, 0.717) is 24.4 Å². The molecule has 0 atom stereocenters. The lowest BCUT2D eigenvalue weighted by molar-refractivity contribution is 0.407. The first-order chi connectivity index (χ1) is 12.1. The Balaban J connectivity index is 1.69. The Kier molecular flexibility index (Phi) is 4.65. The zero-order chi connectivity index (χ0) is 17.8. The van der Waals surface area contributed by atoms with Crippen LogP contribution < -0.4 is 26.2 Å². The number of aromatic nitrogens is 1. The van der Waals surface area contributed by atoms with Gasteiger partial charge in [0, 0.05) is 24.6 Å². The van der Waals surface area contributed by atoms with E-state index >= 15 is 0 Å². The molecule has 3 N–H and O–H groups in total. The predicted molar refractivity (Wildman–Crippen MR) is 95.7 cm³/mol. The summed E-state index contributed by atoms with van der Waals surface area (Å²) in [6.07, 6.45) is 3.70. The number of hydrogen-bond acceptors (Lipinski definition) is 7. The molecule has 0 unspecified atom stereocenters. The fourth-order valence-corrected chi connectivity index (χ4v) is 2.54. The molecule has 7 heteroatoms. The van der Waals surface area contributed by atoms with Crippen LogP contribution in [0.5, 0.6) is 11.5 Å². The molecule has 0 aliphatic heterocycles. The minimum absolute atomic E-state index is 0.143. The summed E-state index contributed by atoms with van der Waals surface area (Å²) in [5.41, 5.74) is 0.908. The summed E-state index contributed by atoms with van der Waals surface area (Å²) in [4.78, 5) is 27.5. The number of phenolic OH excluding ortho intramolecular Hbond substituents is 1. The second kappa shape index (κ2) is 7.04. The third-order valence-corrected chi connectivity index (χ3v) is 3.82. The molecule has 0 radical (unpaired) electrons. The second-order valence-electron chi connectivity index (χ2n) is 5.44. The van der Waals surface area contributed by atoms with Crippen LogP contribution in [0.15, 0.2) is 52.3 Å². The zero-order valence-electron chi connectivity index (χ0n) is 13.6. The van der Waals surface area contributed by atoms with Crippen molar-refractivity contribution in [2.45, 2.75) is 6.42 Å². The quantitative estimate of drug-likeness (QED) is 0.564. The number of nitrogens with one attached hydrogen (secondary N) is 2. The molecule has 0 fully saturated rings. The van der Waals surface area contributed by atoms with Gasteiger partial charge in [-0.1, -0.05) is 0 Å². The van der Waals surface area contributed by atoms with Gasteiger partial charge < -0.3 is 20.5 Å². The van der Waals surface area contributed by atoms with Crippen molar-refractivity contribution >= 4 is 17.1 Å². The lowest BCUT2D eigenvalue weighted by Gasteiger charge is -2.15. The number of benzene rings is 1. The number of anilines is 3. The molecule has 0 saturated carbocycles. The normalized spacial score (nSPS) is 10.6. The number of aromatic hydroxyl groups is 1. The maximum absolute atomic E-state index is 11.8. The Bertz CT molecular complexity index is 947. The Morgan fingerprint density at radius 1 is 1.08 bits per heavy atom. The van der Waals surface area contributed by atoms with Crippen LogP contribution in [-0.4, -0.2) is 23.7 Å². The summed E-state index contributed by atoms with van der Waals surface area (Å²) < 4.78 is 5.25. The van der Waals surface area contributed by atoms with Crippen molar-refractivity contribution in [1.29, 1.82) is 0 Å². The molecule has 0 spiro atoms. The fraction of sp³-hybridized carbons (Fsp3) is 0.167. The van der Waals surface area contributed by atoms with Gasteiger partial charge in [0.2, 0.25) is 0 Å². The molecule has 0 aliphatic carbocycles. The van der Waals surface area contributed by atoms with Crippen molar-refractivity contribution in [1.82, 2.24) is 4.98 Å². The summed E-state index contributed by atoms with van der Waals surface area (Å²) in [7, 11) is 1.55. The standard InChI is InChI=1S/C18H17N3O4/c1-25-14-3-2-13(22)10-11(14)4-9-20-15-16(18(24)17(15)23)21-12-5-7-19-8-6-12/h2-3,5-8,10,20,22H,4,9H2,1H3,(H,19,21). The molecule has 3 rings (SSSR count). The van der Waals surface area contributed by atoms with E-state index in [1.807, 2.05) is 0 Å². The maximum atomic E-state index is 11.8. The molecule has 0 aliphatic rings. The molecule has 25 heavy (non-hydrogen) atoms. The third-order valence-electron chi connectivity index (χ3n) is 3.82. The molecular weight excluding hydrogens is 322 g/mol. The van der Waals surface area contributed by atoms with Gasteiger partial charge in [-0.15, -0.1) is 0 Å². The van der Waals surface area contributed by atoms with E-state index in [4.69, 9.17) is 4.74 Å². The van der Waals surface area contributed by atoms with E-state index in [9.17, 15) is 14.7 Å². The van der Waals surface area contributed by atoms with Crippen LogP contribution in [-0.2, 0) is 6.42 Å². The van der Waals surface area contributed by atoms with Crippen molar-refractivity contribution in [3.63, 3.8) is 0 Å². The molecule has 0 bridgehead atoms. The van der Waals surface area contributed by atoms with E-state index in [0.717, 1.165) is 5.56 Å². The van der Waals surface area contributed by atoms with Gasteiger partial charge in [-0.25, -0.2) is 0 Å².